The normalized spacial score (nSPS) is 16.1. The van der Waals surface area contributed by atoms with E-state index in [1.54, 1.807) is 20.8 Å². The third-order valence-electron chi connectivity index (χ3n) is 4.99. The summed E-state index contributed by atoms with van der Waals surface area (Å²) in [6, 6.07) is 0. The van der Waals surface area contributed by atoms with Crippen molar-refractivity contribution in [3.63, 3.8) is 0 Å². The van der Waals surface area contributed by atoms with Gasteiger partial charge in [-0.05, 0) is 63.6 Å². The molecule has 0 bridgehead atoms. The number of carbonyl (C=O) groups excluding carboxylic acids is 3. The number of benzene rings is 1. The van der Waals surface area contributed by atoms with E-state index >= 15 is 0 Å². The largest absolute Gasteiger partial charge is 0.550 e. The maximum atomic E-state index is 11.9. The van der Waals surface area contributed by atoms with Crippen LogP contribution in [0.4, 0.5) is 0 Å². The minimum Gasteiger partial charge on any atom is -0.550 e. The van der Waals surface area contributed by atoms with Crippen molar-refractivity contribution in [1.29, 1.82) is 0 Å². The van der Waals surface area contributed by atoms with E-state index in [0.717, 1.165) is 5.56 Å². The molecule has 1 aromatic carbocycles. The summed E-state index contributed by atoms with van der Waals surface area (Å²) in [4.78, 5) is 33.7. The van der Waals surface area contributed by atoms with Crippen LogP contribution in [0.25, 0.3) is 0 Å². The number of aliphatic carboxylic acids is 2. The van der Waals surface area contributed by atoms with Gasteiger partial charge in [0, 0.05) is 11.5 Å². The summed E-state index contributed by atoms with van der Waals surface area (Å²) in [5.41, 5.74) is 8.09. The van der Waals surface area contributed by atoms with Gasteiger partial charge >= 0.3 is 5.97 Å². The minimum absolute atomic E-state index is 0.208. The van der Waals surface area contributed by atoms with Gasteiger partial charge in [0.05, 0.1) is 38.7 Å². The van der Waals surface area contributed by atoms with Crippen molar-refractivity contribution < 1.29 is 55.8 Å². The van der Waals surface area contributed by atoms with E-state index in [2.05, 4.69) is 11.5 Å². The lowest BCUT2D eigenvalue weighted by Gasteiger charge is -2.38. The number of aliphatic hydroxyl groups excluding tert-OH is 2. The van der Waals surface area contributed by atoms with Crippen LogP contribution in [0, 0.1) is 20.8 Å². The molecule has 1 unspecified atom stereocenters. The molecule has 0 aromatic heterocycles. The molecule has 1 heterocycles. The highest BCUT2D eigenvalue weighted by Gasteiger charge is 2.36. The number of hydrogen-bond acceptors (Lipinski definition) is 9. The van der Waals surface area contributed by atoms with Gasteiger partial charge in [0.25, 0.3) is 0 Å². The van der Waals surface area contributed by atoms with Crippen LogP contribution >= 0.6 is 0 Å². The number of carboxylic acids is 2. The summed E-state index contributed by atoms with van der Waals surface area (Å²) in [6.07, 6.45) is -0.00929. The summed E-state index contributed by atoms with van der Waals surface area (Å²) >= 11 is 0. The Morgan fingerprint density at radius 1 is 1.00 bits per heavy atom. The van der Waals surface area contributed by atoms with E-state index in [9.17, 15) is 24.6 Å². The van der Waals surface area contributed by atoms with Crippen molar-refractivity contribution >= 4 is 17.9 Å². The molecule has 11 heteroatoms. The minimum atomic E-state index is -1.40. The highest BCUT2D eigenvalue weighted by atomic mass is 16.5. The summed E-state index contributed by atoms with van der Waals surface area (Å²) in [5.74, 6) is -2.42. The monoisotopic (exact) mass is 472 g/mol. The lowest BCUT2D eigenvalue weighted by Crippen LogP contribution is -2.52. The third-order valence-corrected chi connectivity index (χ3v) is 4.99. The summed E-state index contributed by atoms with van der Waals surface area (Å²) in [7, 11) is 0. The summed E-state index contributed by atoms with van der Waals surface area (Å²) < 4.78 is 11.1. The molecule has 188 valence electrons. The topological polar surface area (TPSA) is 212 Å². The van der Waals surface area contributed by atoms with Gasteiger partial charge in [-0.2, -0.15) is 0 Å². The first-order chi connectivity index (χ1) is 15.4. The van der Waals surface area contributed by atoms with Crippen molar-refractivity contribution in [2.75, 3.05) is 26.3 Å². The van der Waals surface area contributed by atoms with Crippen LogP contribution in [0.1, 0.15) is 48.4 Å². The highest BCUT2D eigenvalue weighted by molar-refractivity contribution is 5.79. The number of quaternary nitrogens is 2. The smallest absolute Gasteiger partial charge is 0.311 e. The number of hydrogen-bond donors (Lipinski definition) is 4. The van der Waals surface area contributed by atoms with Crippen LogP contribution in [0.15, 0.2) is 0 Å². The Morgan fingerprint density at radius 2 is 1.52 bits per heavy atom. The van der Waals surface area contributed by atoms with Gasteiger partial charge in [-0.3, -0.25) is 4.79 Å². The van der Waals surface area contributed by atoms with Crippen LogP contribution in [-0.2, 0) is 20.8 Å². The molecular weight excluding hydrogens is 436 g/mol. The van der Waals surface area contributed by atoms with Gasteiger partial charge in [0.2, 0.25) is 0 Å². The Balaban J connectivity index is 0.00000111. The van der Waals surface area contributed by atoms with Gasteiger partial charge in [-0.15, -0.1) is 0 Å². The third kappa shape index (κ3) is 8.97. The molecule has 8 N–H and O–H groups in total. The lowest BCUT2D eigenvalue weighted by molar-refractivity contribution is -0.372. The molecule has 0 amide bonds. The van der Waals surface area contributed by atoms with Crippen molar-refractivity contribution in [2.45, 2.75) is 59.0 Å². The standard InChI is InChI=1S/C18H22O7.2C2H7NO/c1-9-10(2)16-12(7-8-18(4,25-16)17(22)23)11(3)15(9)24-14(21)6-5-13(19)20;2*3-1-2-4/h5-8H2,1-4H3,(H,19,20)(H,22,23);2*4H,1-3H2. The molecule has 2 rings (SSSR count). The first-order valence-corrected chi connectivity index (χ1v) is 10.6. The second-order valence-corrected chi connectivity index (χ2v) is 7.63. The Labute approximate surface area is 193 Å². The first kappa shape index (κ1) is 30.3. The number of aliphatic hydroxyl groups is 2. The lowest BCUT2D eigenvalue weighted by atomic mass is 9.87. The summed E-state index contributed by atoms with van der Waals surface area (Å²) in [5, 5.41) is 37.4. The molecule has 0 fully saturated rings. The second-order valence-electron chi connectivity index (χ2n) is 7.63. The Kier molecular flexibility index (Phi) is 13.2. The number of carboxylic acid groups (broad SMARTS) is 2. The molecule has 1 aliphatic heterocycles. The average Bonchev–Trinajstić information content (AvgIpc) is 2.79. The van der Waals surface area contributed by atoms with E-state index < -0.39 is 29.9 Å². The van der Waals surface area contributed by atoms with Crippen molar-refractivity contribution in [3.8, 4) is 11.5 Å². The van der Waals surface area contributed by atoms with E-state index in [4.69, 9.17) is 19.7 Å². The van der Waals surface area contributed by atoms with Gasteiger partial charge in [-0.25, -0.2) is 0 Å². The van der Waals surface area contributed by atoms with Crippen LogP contribution in [0.2, 0.25) is 0 Å². The van der Waals surface area contributed by atoms with E-state index in [0.29, 0.717) is 47.7 Å². The molecule has 1 atom stereocenters. The number of fused-ring (bicyclic) bond motifs is 1. The van der Waals surface area contributed by atoms with Gasteiger partial charge < -0.3 is 51.0 Å². The van der Waals surface area contributed by atoms with E-state index in [1.165, 1.54) is 6.92 Å². The number of rotatable bonds is 7. The fraction of sp³-hybridized carbons (Fsp3) is 0.591. The zero-order chi connectivity index (χ0) is 25.8. The van der Waals surface area contributed by atoms with Crippen molar-refractivity contribution in [3.05, 3.63) is 22.3 Å². The maximum Gasteiger partial charge on any atom is 0.311 e. The Hall–Kier alpha value is -2.73. The van der Waals surface area contributed by atoms with E-state index in [-0.39, 0.29) is 26.1 Å². The van der Waals surface area contributed by atoms with Gasteiger partial charge in [0.15, 0.2) is 0 Å². The average molecular weight is 473 g/mol. The summed E-state index contributed by atoms with van der Waals surface area (Å²) in [6.45, 7) is 8.40. The molecule has 0 aliphatic carbocycles. The Morgan fingerprint density at radius 3 is 1.94 bits per heavy atom. The van der Waals surface area contributed by atoms with Gasteiger partial charge in [0.1, 0.15) is 17.1 Å². The predicted molar refractivity (Wildman–Crippen MR) is 113 cm³/mol. The van der Waals surface area contributed by atoms with E-state index in [1.807, 2.05) is 0 Å². The zero-order valence-electron chi connectivity index (χ0n) is 19.8. The van der Waals surface area contributed by atoms with Crippen LogP contribution in [-0.4, -0.2) is 60.0 Å². The fourth-order valence-corrected chi connectivity index (χ4v) is 2.90. The zero-order valence-corrected chi connectivity index (χ0v) is 19.8. The molecule has 0 saturated heterocycles. The van der Waals surface area contributed by atoms with Crippen LogP contribution in [0.5, 0.6) is 11.5 Å². The number of ether oxygens (including phenoxy) is 2. The van der Waals surface area contributed by atoms with Crippen LogP contribution in [0.3, 0.4) is 0 Å². The Bertz CT molecular complexity index is 819. The number of esters is 1. The number of carbonyl (C=O) groups is 3. The molecule has 1 aromatic rings. The molecule has 0 radical (unpaired) electrons. The molecule has 33 heavy (non-hydrogen) atoms. The quantitative estimate of drug-likeness (QED) is 0.227. The van der Waals surface area contributed by atoms with Crippen molar-refractivity contribution in [2.24, 2.45) is 0 Å². The van der Waals surface area contributed by atoms with Crippen LogP contribution < -0.4 is 31.2 Å². The predicted octanol–water partition coefficient (Wildman–Crippen LogP) is -3.68. The van der Waals surface area contributed by atoms with Crippen molar-refractivity contribution in [1.82, 2.24) is 0 Å². The molecular formula is C22H36N2O9. The maximum absolute atomic E-state index is 11.9. The molecule has 0 saturated carbocycles. The second kappa shape index (κ2) is 14.4. The van der Waals surface area contributed by atoms with Gasteiger partial charge in [-0.1, -0.05) is 0 Å². The molecule has 0 spiro atoms. The SMILES string of the molecule is Cc1c(C)c2c(c(C)c1OC(=O)CCC(=O)[O-])CCC(C)(C(=O)[O-])O2.[NH3+]CCO.[NH3+]CCO. The first-order valence-electron chi connectivity index (χ1n) is 10.6. The molecule has 11 nitrogen and oxygen atoms in total. The molecule has 1 aliphatic rings. The fourth-order valence-electron chi connectivity index (χ4n) is 2.90. The highest BCUT2D eigenvalue weighted by Crippen LogP contribution is 2.43.